The average Bonchev–Trinajstić information content (AvgIpc) is 3.24. The lowest BCUT2D eigenvalue weighted by molar-refractivity contribution is -0.136. The quantitative estimate of drug-likeness (QED) is 0.736. The van der Waals surface area contributed by atoms with Crippen LogP contribution >= 0.6 is 0 Å². The van der Waals surface area contributed by atoms with Crippen molar-refractivity contribution in [2.24, 2.45) is 0 Å². The monoisotopic (exact) mass is 411 g/mol. The Labute approximate surface area is 177 Å². The van der Waals surface area contributed by atoms with E-state index >= 15 is 0 Å². The number of carbonyl (C=O) groups is 2. The van der Waals surface area contributed by atoms with Gasteiger partial charge in [0.2, 0.25) is 5.91 Å². The third-order valence-electron chi connectivity index (χ3n) is 5.82. The molecule has 0 unspecified atom stereocenters. The van der Waals surface area contributed by atoms with Crippen LogP contribution in [-0.2, 0) is 16.0 Å². The molecule has 0 radical (unpaired) electrons. The number of hydrogen-bond acceptors (Lipinski definition) is 5. The molecule has 1 aromatic carbocycles. The molecule has 30 heavy (non-hydrogen) atoms. The van der Waals surface area contributed by atoms with E-state index in [0.717, 1.165) is 17.8 Å². The number of morpholine rings is 1. The van der Waals surface area contributed by atoms with Gasteiger partial charge in [-0.05, 0) is 18.6 Å². The van der Waals surface area contributed by atoms with Gasteiger partial charge in [0.1, 0.15) is 0 Å². The Balaban J connectivity index is 1.36. The van der Waals surface area contributed by atoms with E-state index in [0.29, 0.717) is 64.6 Å². The Bertz CT molecular complexity index is 868. The summed E-state index contributed by atoms with van der Waals surface area (Å²) in [4.78, 5) is 31.5. The summed E-state index contributed by atoms with van der Waals surface area (Å²) in [5.41, 5.74) is 2.55. The fourth-order valence-electron chi connectivity index (χ4n) is 4.07. The second-order valence-corrected chi connectivity index (χ2v) is 7.67. The van der Waals surface area contributed by atoms with Crippen LogP contribution in [0.4, 0.5) is 0 Å². The second-order valence-electron chi connectivity index (χ2n) is 7.67. The first kappa shape index (κ1) is 20.6. The van der Waals surface area contributed by atoms with Crippen molar-refractivity contribution in [2.45, 2.75) is 13.3 Å². The highest BCUT2D eigenvalue weighted by Crippen LogP contribution is 2.18. The van der Waals surface area contributed by atoms with Gasteiger partial charge >= 0.3 is 0 Å². The molecule has 0 saturated carbocycles. The molecule has 2 amide bonds. The second kappa shape index (κ2) is 9.40. The Morgan fingerprint density at radius 2 is 1.67 bits per heavy atom. The van der Waals surface area contributed by atoms with Crippen LogP contribution < -0.4 is 0 Å². The van der Waals surface area contributed by atoms with Crippen LogP contribution in [0.2, 0.25) is 0 Å². The van der Waals surface area contributed by atoms with Gasteiger partial charge < -0.3 is 14.5 Å². The molecule has 0 spiro atoms. The Kier molecular flexibility index (Phi) is 6.44. The highest BCUT2D eigenvalue weighted by molar-refractivity contribution is 5.95. The lowest BCUT2D eigenvalue weighted by Crippen LogP contribution is -2.52. The molecule has 0 atom stereocenters. The molecule has 0 N–H and O–H groups in total. The number of benzene rings is 1. The lowest BCUT2D eigenvalue weighted by atomic mass is 10.1. The Hall–Kier alpha value is -2.71. The average molecular weight is 412 g/mol. The summed E-state index contributed by atoms with van der Waals surface area (Å²) in [6.07, 6.45) is 2.41. The molecular formula is C22H29N5O3. The van der Waals surface area contributed by atoms with Crippen molar-refractivity contribution in [3.63, 3.8) is 0 Å². The van der Waals surface area contributed by atoms with Gasteiger partial charge in [0.05, 0.1) is 42.9 Å². The van der Waals surface area contributed by atoms with Crippen molar-refractivity contribution in [1.82, 2.24) is 24.5 Å². The summed E-state index contributed by atoms with van der Waals surface area (Å²) in [5, 5.41) is 4.48. The number of rotatable bonds is 5. The van der Waals surface area contributed by atoms with Crippen LogP contribution in [0.25, 0.3) is 5.69 Å². The molecular weight excluding hydrogens is 382 g/mol. The van der Waals surface area contributed by atoms with Crippen LogP contribution in [0.15, 0.2) is 36.5 Å². The van der Waals surface area contributed by atoms with Crippen molar-refractivity contribution in [3.05, 3.63) is 47.8 Å². The molecule has 0 bridgehead atoms. The van der Waals surface area contributed by atoms with Crippen molar-refractivity contribution in [3.8, 4) is 5.69 Å². The zero-order chi connectivity index (χ0) is 20.9. The fraction of sp³-hybridized carbons (Fsp3) is 0.500. The molecule has 8 heteroatoms. The van der Waals surface area contributed by atoms with Crippen LogP contribution in [0.1, 0.15) is 23.0 Å². The summed E-state index contributed by atoms with van der Waals surface area (Å²) in [5.74, 6) is 0.170. The van der Waals surface area contributed by atoms with Crippen LogP contribution in [0.5, 0.6) is 0 Å². The van der Waals surface area contributed by atoms with E-state index in [1.54, 1.807) is 6.20 Å². The number of ether oxygens (including phenoxy) is 1. The van der Waals surface area contributed by atoms with Crippen LogP contribution in [0.3, 0.4) is 0 Å². The van der Waals surface area contributed by atoms with E-state index in [-0.39, 0.29) is 11.8 Å². The minimum atomic E-state index is 0.0215. The lowest BCUT2D eigenvalue weighted by Gasteiger charge is -2.36. The number of para-hydroxylation sites is 1. The number of aromatic nitrogens is 2. The van der Waals surface area contributed by atoms with Gasteiger partial charge in [-0.15, -0.1) is 0 Å². The Morgan fingerprint density at radius 3 is 2.33 bits per heavy atom. The molecule has 8 nitrogen and oxygen atoms in total. The van der Waals surface area contributed by atoms with E-state index in [1.807, 2.05) is 51.7 Å². The molecule has 4 rings (SSSR count). The fourth-order valence-corrected chi connectivity index (χ4v) is 4.07. The summed E-state index contributed by atoms with van der Waals surface area (Å²) < 4.78 is 7.16. The molecule has 3 heterocycles. The van der Waals surface area contributed by atoms with Crippen molar-refractivity contribution in [1.29, 1.82) is 0 Å². The first-order chi connectivity index (χ1) is 14.7. The molecule has 2 aromatic rings. The van der Waals surface area contributed by atoms with E-state index in [2.05, 4.69) is 10.00 Å². The van der Waals surface area contributed by atoms with Gasteiger partial charge in [-0.2, -0.15) is 5.10 Å². The van der Waals surface area contributed by atoms with Crippen molar-refractivity contribution in [2.75, 3.05) is 59.0 Å². The van der Waals surface area contributed by atoms with Gasteiger partial charge in [0.25, 0.3) is 5.91 Å². The van der Waals surface area contributed by atoms with Gasteiger partial charge in [-0.3, -0.25) is 14.5 Å². The number of nitrogens with zero attached hydrogens (tertiary/aromatic N) is 5. The van der Waals surface area contributed by atoms with Crippen molar-refractivity contribution < 1.29 is 14.3 Å². The highest BCUT2D eigenvalue weighted by atomic mass is 16.5. The number of amides is 2. The van der Waals surface area contributed by atoms with Gasteiger partial charge in [-0.1, -0.05) is 25.1 Å². The molecule has 160 valence electrons. The minimum Gasteiger partial charge on any atom is -0.378 e. The smallest absolute Gasteiger partial charge is 0.257 e. The van der Waals surface area contributed by atoms with E-state index in [1.165, 1.54) is 0 Å². The molecule has 1 aromatic heterocycles. The van der Waals surface area contributed by atoms with Gasteiger partial charge in [0.15, 0.2) is 0 Å². The maximum atomic E-state index is 13.2. The summed E-state index contributed by atoms with van der Waals surface area (Å²) in [6.45, 7) is 7.67. The normalized spacial score (nSPS) is 17.9. The predicted molar refractivity (Wildman–Crippen MR) is 113 cm³/mol. The number of hydrogen-bond donors (Lipinski definition) is 0. The van der Waals surface area contributed by atoms with Crippen molar-refractivity contribution >= 4 is 11.8 Å². The highest BCUT2D eigenvalue weighted by Gasteiger charge is 2.27. The molecule has 2 saturated heterocycles. The Morgan fingerprint density at radius 1 is 0.967 bits per heavy atom. The first-order valence-corrected chi connectivity index (χ1v) is 10.7. The van der Waals surface area contributed by atoms with Crippen LogP contribution in [0, 0.1) is 0 Å². The topological polar surface area (TPSA) is 70.9 Å². The maximum Gasteiger partial charge on any atom is 0.257 e. The van der Waals surface area contributed by atoms with Gasteiger partial charge in [0, 0.05) is 39.3 Å². The van der Waals surface area contributed by atoms with E-state index < -0.39 is 0 Å². The molecule has 2 aliphatic rings. The first-order valence-electron chi connectivity index (χ1n) is 10.7. The number of piperazine rings is 1. The molecule has 2 fully saturated rings. The third kappa shape index (κ3) is 4.39. The maximum absolute atomic E-state index is 13.2. The summed E-state index contributed by atoms with van der Waals surface area (Å²) in [7, 11) is 0. The number of carbonyl (C=O) groups excluding carboxylic acids is 2. The summed E-state index contributed by atoms with van der Waals surface area (Å²) in [6, 6.07) is 9.88. The largest absolute Gasteiger partial charge is 0.378 e. The zero-order valence-corrected chi connectivity index (χ0v) is 17.5. The summed E-state index contributed by atoms with van der Waals surface area (Å²) >= 11 is 0. The zero-order valence-electron chi connectivity index (χ0n) is 17.5. The van der Waals surface area contributed by atoms with Crippen LogP contribution in [-0.4, -0.2) is 95.3 Å². The SMILES string of the molecule is CCc1c(C(=O)N2CCN(CC(=O)N3CCOCC3)CC2)cnn1-c1ccccc1. The van der Waals surface area contributed by atoms with E-state index in [9.17, 15) is 9.59 Å². The van der Waals surface area contributed by atoms with Gasteiger partial charge in [-0.25, -0.2) is 4.68 Å². The van der Waals surface area contributed by atoms with E-state index in [4.69, 9.17) is 4.74 Å². The molecule has 2 aliphatic heterocycles. The minimum absolute atomic E-state index is 0.0215. The molecule has 0 aliphatic carbocycles. The standard InChI is InChI=1S/C22H29N5O3/c1-2-20-19(16-23-27(20)18-6-4-3-5-7-18)22(29)26-10-8-24(9-11-26)17-21(28)25-12-14-30-15-13-25/h3-7,16H,2,8-15,17H2,1H3. The predicted octanol–water partition coefficient (Wildman–Crippen LogP) is 1.05. The third-order valence-corrected chi connectivity index (χ3v) is 5.82.